The highest BCUT2D eigenvalue weighted by Crippen LogP contribution is 2.34. The number of nitrogens with one attached hydrogen (secondary N) is 1. The Kier molecular flexibility index (Phi) is 5.44. The second-order valence-electron chi connectivity index (χ2n) is 9.54. The summed E-state index contributed by atoms with van der Waals surface area (Å²) in [6.45, 7) is 13.2. The van der Waals surface area contributed by atoms with Crippen LogP contribution in [0.2, 0.25) is 0 Å². The average Bonchev–Trinajstić information content (AvgIpc) is 3.19. The third-order valence-corrected chi connectivity index (χ3v) is 6.79. The zero-order valence-electron chi connectivity index (χ0n) is 20.1. The first kappa shape index (κ1) is 21.6. The van der Waals surface area contributed by atoms with Crippen LogP contribution in [0.3, 0.4) is 0 Å². The van der Waals surface area contributed by atoms with Gasteiger partial charge in [-0.15, -0.1) is 0 Å². The van der Waals surface area contributed by atoms with E-state index < -0.39 is 0 Å². The minimum atomic E-state index is -0.0287. The van der Waals surface area contributed by atoms with Gasteiger partial charge in [0.2, 0.25) is 0 Å². The normalized spacial score (nSPS) is 24.0. The molecular formula is C26H32N6O. The Bertz CT molecular complexity index is 1250. The molecule has 0 bridgehead atoms. The fraction of sp³-hybridized carbons (Fsp3) is 0.423. The van der Waals surface area contributed by atoms with Crippen molar-refractivity contribution < 1.29 is 4.79 Å². The summed E-state index contributed by atoms with van der Waals surface area (Å²) in [7, 11) is 0. The van der Waals surface area contributed by atoms with E-state index in [1.165, 1.54) is 0 Å². The summed E-state index contributed by atoms with van der Waals surface area (Å²) in [5.74, 6) is 0.147. The molecule has 33 heavy (non-hydrogen) atoms. The quantitative estimate of drug-likeness (QED) is 0.767. The number of hydrogen-bond acceptors (Lipinski definition) is 5. The molecule has 172 valence electrons. The van der Waals surface area contributed by atoms with Crippen LogP contribution >= 0.6 is 0 Å². The number of aromatic nitrogens is 3. The molecule has 7 heteroatoms. The molecule has 0 radical (unpaired) electrons. The van der Waals surface area contributed by atoms with Crippen LogP contribution in [0.1, 0.15) is 44.3 Å². The summed E-state index contributed by atoms with van der Waals surface area (Å²) in [5, 5.41) is 8.29. The van der Waals surface area contributed by atoms with E-state index >= 15 is 0 Å². The van der Waals surface area contributed by atoms with Crippen molar-refractivity contribution in [3.05, 3.63) is 70.7 Å². The van der Waals surface area contributed by atoms with Gasteiger partial charge in [0.25, 0.3) is 5.91 Å². The van der Waals surface area contributed by atoms with Crippen molar-refractivity contribution in [2.45, 2.75) is 47.1 Å². The molecule has 5 heterocycles. The van der Waals surface area contributed by atoms with Crippen LogP contribution in [-0.4, -0.2) is 56.0 Å². The van der Waals surface area contributed by atoms with Gasteiger partial charge in [0.15, 0.2) is 0 Å². The van der Waals surface area contributed by atoms with Crippen molar-refractivity contribution in [2.75, 3.05) is 19.6 Å². The van der Waals surface area contributed by atoms with Crippen molar-refractivity contribution in [1.82, 2.24) is 29.7 Å². The van der Waals surface area contributed by atoms with Gasteiger partial charge in [0.1, 0.15) is 0 Å². The molecule has 0 spiro atoms. The number of rotatable bonds is 2. The van der Waals surface area contributed by atoms with Gasteiger partial charge >= 0.3 is 0 Å². The molecule has 3 aliphatic heterocycles. The zero-order chi connectivity index (χ0) is 23.3. The summed E-state index contributed by atoms with van der Waals surface area (Å²) < 4.78 is 1.88. The molecular weight excluding hydrogens is 412 g/mol. The lowest BCUT2D eigenvalue weighted by atomic mass is 9.91. The van der Waals surface area contributed by atoms with Gasteiger partial charge < -0.3 is 10.2 Å². The van der Waals surface area contributed by atoms with Crippen LogP contribution < -0.4 is 5.32 Å². The lowest BCUT2D eigenvalue weighted by molar-refractivity contribution is -0.122. The molecule has 0 aliphatic carbocycles. The number of allylic oxidation sites excluding steroid dienone is 4. The van der Waals surface area contributed by atoms with E-state index in [0.29, 0.717) is 6.04 Å². The molecule has 2 aromatic rings. The van der Waals surface area contributed by atoms with Crippen molar-refractivity contribution in [2.24, 2.45) is 5.92 Å². The lowest BCUT2D eigenvalue weighted by Crippen LogP contribution is -2.49. The molecule has 2 aromatic heterocycles. The van der Waals surface area contributed by atoms with Crippen molar-refractivity contribution in [3.8, 4) is 0 Å². The number of fused-ring (bicyclic) bond motifs is 2. The molecule has 0 aromatic carbocycles. The Hall–Kier alpha value is -3.19. The van der Waals surface area contributed by atoms with E-state index in [1.807, 2.05) is 41.7 Å². The van der Waals surface area contributed by atoms with Crippen molar-refractivity contribution >= 4 is 17.0 Å². The molecule has 7 nitrogen and oxygen atoms in total. The summed E-state index contributed by atoms with van der Waals surface area (Å²) in [6.07, 6.45) is 11.0. The molecule has 3 aliphatic rings. The van der Waals surface area contributed by atoms with Gasteiger partial charge in [-0.25, -0.2) is 4.52 Å². The molecule has 1 N–H and O–H groups in total. The van der Waals surface area contributed by atoms with Gasteiger partial charge in [0, 0.05) is 43.6 Å². The maximum atomic E-state index is 13.6. The standard InChI is InChI=1S/C26H32N6O/c1-16-6-7-24-17(2)10-21(30-9-8-27-18(3)13-30)15-31(24)26(33)11-22(16)23-12-25-20(5)28-19(4)14-32(25)29-23/h7,10-12,14-16,18,27H,6,8-9,13H2,1-5H3. The predicted octanol–water partition coefficient (Wildman–Crippen LogP) is 3.58. The van der Waals surface area contributed by atoms with Gasteiger partial charge in [-0.2, -0.15) is 5.10 Å². The zero-order valence-corrected chi connectivity index (χ0v) is 20.1. The topological polar surface area (TPSA) is 65.8 Å². The van der Waals surface area contributed by atoms with Crippen LogP contribution in [0.5, 0.6) is 0 Å². The minimum absolute atomic E-state index is 0.0287. The summed E-state index contributed by atoms with van der Waals surface area (Å²) in [4.78, 5) is 22.3. The summed E-state index contributed by atoms with van der Waals surface area (Å²) in [6, 6.07) is 2.48. The van der Waals surface area contributed by atoms with E-state index in [4.69, 9.17) is 5.10 Å². The molecule has 1 saturated heterocycles. The molecule has 5 rings (SSSR count). The van der Waals surface area contributed by atoms with Gasteiger partial charge in [-0.3, -0.25) is 14.7 Å². The second-order valence-corrected chi connectivity index (χ2v) is 9.54. The SMILES string of the molecule is CC1=CC(N2CCNC(C)C2)=CN2C(=O)C=C(c3cc4c(C)nc(C)cn4n3)C(C)CC=C12. The highest BCUT2D eigenvalue weighted by molar-refractivity contribution is 5.98. The second kappa shape index (κ2) is 8.30. The monoisotopic (exact) mass is 444 g/mol. The number of nitrogens with zero attached hydrogens (tertiary/aromatic N) is 5. The van der Waals surface area contributed by atoms with Crippen molar-refractivity contribution in [3.63, 3.8) is 0 Å². The minimum Gasteiger partial charge on any atom is -0.368 e. The molecule has 2 unspecified atom stereocenters. The van der Waals surface area contributed by atoms with Gasteiger partial charge in [-0.1, -0.05) is 13.0 Å². The van der Waals surface area contributed by atoms with Crippen molar-refractivity contribution in [1.29, 1.82) is 0 Å². The van der Waals surface area contributed by atoms with E-state index in [0.717, 1.165) is 71.2 Å². The highest BCUT2D eigenvalue weighted by atomic mass is 16.2. The Balaban J connectivity index is 1.52. The molecule has 0 saturated carbocycles. The Morgan fingerprint density at radius 3 is 2.76 bits per heavy atom. The fourth-order valence-electron chi connectivity index (χ4n) is 5.02. The van der Waals surface area contributed by atoms with Crippen LogP contribution in [0.15, 0.2) is 53.7 Å². The smallest absolute Gasteiger partial charge is 0.255 e. The lowest BCUT2D eigenvalue weighted by Gasteiger charge is -2.38. The maximum absolute atomic E-state index is 13.6. The number of carbonyl (C=O) groups excluding carboxylic acids is 1. The largest absolute Gasteiger partial charge is 0.368 e. The first-order chi connectivity index (χ1) is 15.8. The molecule has 1 fully saturated rings. The Morgan fingerprint density at radius 1 is 1.15 bits per heavy atom. The van der Waals surface area contributed by atoms with E-state index in [9.17, 15) is 4.79 Å². The predicted molar refractivity (Wildman–Crippen MR) is 130 cm³/mol. The first-order valence-electron chi connectivity index (χ1n) is 11.8. The maximum Gasteiger partial charge on any atom is 0.255 e. The third kappa shape index (κ3) is 4.02. The Labute approximate surface area is 195 Å². The number of piperazine rings is 1. The number of aryl methyl sites for hydroxylation is 2. The molecule has 2 atom stereocenters. The third-order valence-electron chi connectivity index (χ3n) is 6.79. The summed E-state index contributed by atoms with van der Waals surface area (Å²) in [5.41, 5.74) is 7.85. The van der Waals surface area contributed by atoms with E-state index in [-0.39, 0.29) is 11.8 Å². The highest BCUT2D eigenvalue weighted by Gasteiger charge is 2.28. The number of hydrogen-bond donors (Lipinski definition) is 1. The Morgan fingerprint density at radius 2 is 1.97 bits per heavy atom. The summed E-state index contributed by atoms with van der Waals surface area (Å²) >= 11 is 0. The average molecular weight is 445 g/mol. The van der Waals surface area contributed by atoms with Gasteiger partial charge in [-0.05, 0) is 63.3 Å². The van der Waals surface area contributed by atoms with E-state index in [2.05, 4.69) is 48.1 Å². The molecule has 1 amide bonds. The van der Waals surface area contributed by atoms with Crippen LogP contribution in [-0.2, 0) is 4.79 Å². The first-order valence-corrected chi connectivity index (χ1v) is 11.8. The van der Waals surface area contributed by atoms with Gasteiger partial charge in [0.05, 0.1) is 34.5 Å². The van der Waals surface area contributed by atoms with Crippen LogP contribution in [0, 0.1) is 19.8 Å². The number of carbonyl (C=O) groups is 1. The number of amides is 1. The van der Waals surface area contributed by atoms with Crippen LogP contribution in [0.25, 0.3) is 11.1 Å². The van der Waals surface area contributed by atoms with E-state index in [1.54, 1.807) is 6.08 Å². The van der Waals surface area contributed by atoms with Crippen LogP contribution in [0.4, 0.5) is 0 Å². The fourth-order valence-corrected chi connectivity index (χ4v) is 5.02.